The minimum Gasteiger partial charge on any atom is -0.334 e. The number of nitrogens with zero attached hydrogens (tertiary/aromatic N) is 2. The van der Waals surface area contributed by atoms with Crippen molar-refractivity contribution in [3.63, 3.8) is 0 Å². The van der Waals surface area contributed by atoms with E-state index in [2.05, 4.69) is 9.55 Å². The molecule has 0 radical (unpaired) electrons. The topological polar surface area (TPSA) is 17.8 Å². The number of aromatic nitrogens is 2. The second-order valence-electron chi connectivity index (χ2n) is 2.82. The Morgan fingerprint density at radius 1 is 1.54 bits per heavy atom. The Labute approximate surface area is 88.7 Å². The van der Waals surface area contributed by atoms with Crippen molar-refractivity contribution in [1.82, 2.24) is 9.55 Å². The third kappa shape index (κ3) is 4.05. The van der Waals surface area contributed by atoms with Crippen LogP contribution in [0, 0.1) is 6.92 Å². The molecule has 13 heavy (non-hydrogen) atoms. The number of hydrogen-bond donors (Lipinski definition) is 0. The van der Waals surface area contributed by atoms with Crippen molar-refractivity contribution in [1.29, 1.82) is 0 Å². The molecular formula is C9H15ClN2S. The average molecular weight is 219 g/mol. The molecule has 0 atom stereocenters. The van der Waals surface area contributed by atoms with Crippen LogP contribution in [0.5, 0.6) is 0 Å². The van der Waals surface area contributed by atoms with Gasteiger partial charge in [-0.05, 0) is 19.1 Å². The quantitative estimate of drug-likeness (QED) is 0.540. The highest BCUT2D eigenvalue weighted by molar-refractivity contribution is 7.99. The maximum atomic E-state index is 5.58. The summed E-state index contributed by atoms with van der Waals surface area (Å²) >= 11 is 7.53. The fraction of sp³-hybridized carbons (Fsp3) is 0.667. The van der Waals surface area contributed by atoms with Gasteiger partial charge in [0.1, 0.15) is 5.82 Å². The molecule has 0 bridgehead atoms. The molecule has 0 spiro atoms. The van der Waals surface area contributed by atoms with E-state index < -0.39 is 0 Å². The molecule has 1 aromatic rings. The Hall–Kier alpha value is -0.150. The first-order valence-corrected chi connectivity index (χ1v) is 6.15. The summed E-state index contributed by atoms with van der Waals surface area (Å²) in [6, 6.07) is 0. The molecule has 0 saturated heterocycles. The van der Waals surface area contributed by atoms with Crippen LogP contribution in [0.25, 0.3) is 0 Å². The number of imidazole rings is 1. The summed E-state index contributed by atoms with van der Waals surface area (Å²) in [4.78, 5) is 4.16. The molecule has 0 aliphatic carbocycles. The number of rotatable bonds is 6. The lowest BCUT2D eigenvalue weighted by Crippen LogP contribution is -2.01. The molecule has 74 valence electrons. The van der Waals surface area contributed by atoms with Crippen LogP contribution in [0.1, 0.15) is 12.2 Å². The number of aryl methyl sites for hydroxylation is 2. The molecule has 0 N–H and O–H groups in total. The molecule has 1 heterocycles. The second kappa shape index (κ2) is 6.33. The summed E-state index contributed by atoms with van der Waals surface area (Å²) in [5.41, 5.74) is 0. The fourth-order valence-corrected chi connectivity index (χ4v) is 2.23. The maximum absolute atomic E-state index is 5.58. The molecule has 2 nitrogen and oxygen atoms in total. The van der Waals surface area contributed by atoms with Gasteiger partial charge in [0.2, 0.25) is 0 Å². The molecular weight excluding hydrogens is 204 g/mol. The highest BCUT2D eigenvalue weighted by atomic mass is 35.5. The lowest BCUT2D eigenvalue weighted by Gasteiger charge is -2.03. The first-order valence-electron chi connectivity index (χ1n) is 4.46. The summed E-state index contributed by atoms with van der Waals surface area (Å²) in [6.45, 7) is 3.09. The van der Waals surface area contributed by atoms with E-state index >= 15 is 0 Å². The molecule has 1 rings (SSSR count). The van der Waals surface area contributed by atoms with Crippen molar-refractivity contribution < 1.29 is 0 Å². The molecule has 0 aliphatic heterocycles. The predicted octanol–water partition coefficient (Wildman–Crippen LogP) is 2.55. The molecule has 0 fully saturated rings. The Morgan fingerprint density at radius 3 is 3.00 bits per heavy atom. The predicted molar refractivity (Wildman–Crippen MR) is 59.6 cm³/mol. The first kappa shape index (κ1) is 10.9. The fourth-order valence-electron chi connectivity index (χ4n) is 1.06. The van der Waals surface area contributed by atoms with Crippen molar-refractivity contribution in [2.24, 2.45) is 0 Å². The number of halogens is 1. The van der Waals surface area contributed by atoms with Crippen molar-refractivity contribution in [3.05, 3.63) is 18.2 Å². The molecule has 1 aromatic heterocycles. The lowest BCUT2D eigenvalue weighted by atomic mass is 10.6. The van der Waals surface area contributed by atoms with E-state index in [0.717, 1.165) is 36.2 Å². The van der Waals surface area contributed by atoms with Crippen molar-refractivity contribution in [2.45, 2.75) is 19.9 Å². The summed E-state index contributed by atoms with van der Waals surface area (Å²) in [5, 5.41) is 0. The van der Waals surface area contributed by atoms with Gasteiger partial charge in [-0.15, -0.1) is 11.6 Å². The Bertz CT molecular complexity index is 237. The van der Waals surface area contributed by atoms with Crippen molar-refractivity contribution >= 4 is 23.4 Å². The Morgan fingerprint density at radius 2 is 2.38 bits per heavy atom. The summed E-state index contributed by atoms with van der Waals surface area (Å²) < 4.78 is 2.17. The Kier molecular flexibility index (Phi) is 5.32. The van der Waals surface area contributed by atoms with Gasteiger partial charge < -0.3 is 4.57 Å². The van der Waals surface area contributed by atoms with Gasteiger partial charge in [-0.25, -0.2) is 4.98 Å². The zero-order chi connectivity index (χ0) is 9.52. The smallest absolute Gasteiger partial charge is 0.105 e. The SMILES string of the molecule is Cc1nccn1CCSCCCCl. The standard InChI is InChI=1S/C9H15ClN2S/c1-9-11-4-5-12(9)6-8-13-7-2-3-10/h4-5H,2-3,6-8H2,1H3. The van der Waals surface area contributed by atoms with E-state index in [0.29, 0.717) is 0 Å². The molecule has 0 saturated carbocycles. The molecule has 0 aliphatic rings. The number of thioether (sulfide) groups is 1. The highest BCUT2D eigenvalue weighted by Gasteiger charge is 1.95. The van der Waals surface area contributed by atoms with Crippen LogP contribution in [0.4, 0.5) is 0 Å². The van der Waals surface area contributed by atoms with E-state index in [-0.39, 0.29) is 0 Å². The van der Waals surface area contributed by atoms with E-state index in [1.54, 1.807) is 0 Å². The third-order valence-corrected chi connectivity index (χ3v) is 3.14. The van der Waals surface area contributed by atoms with Gasteiger partial charge in [0.15, 0.2) is 0 Å². The first-order chi connectivity index (χ1) is 6.34. The zero-order valence-corrected chi connectivity index (χ0v) is 9.44. The van der Waals surface area contributed by atoms with Gasteiger partial charge in [-0.3, -0.25) is 0 Å². The molecule has 4 heteroatoms. The van der Waals surface area contributed by atoms with Gasteiger partial charge in [0.05, 0.1) is 0 Å². The minimum absolute atomic E-state index is 0.775. The van der Waals surface area contributed by atoms with E-state index in [9.17, 15) is 0 Å². The number of hydrogen-bond acceptors (Lipinski definition) is 2. The monoisotopic (exact) mass is 218 g/mol. The zero-order valence-electron chi connectivity index (χ0n) is 7.87. The maximum Gasteiger partial charge on any atom is 0.105 e. The van der Waals surface area contributed by atoms with Gasteiger partial charge in [-0.1, -0.05) is 0 Å². The van der Waals surface area contributed by atoms with E-state index in [1.807, 2.05) is 31.1 Å². The normalized spacial score (nSPS) is 10.6. The highest BCUT2D eigenvalue weighted by Crippen LogP contribution is 2.05. The number of alkyl halides is 1. The van der Waals surface area contributed by atoms with Gasteiger partial charge in [0, 0.05) is 30.6 Å². The van der Waals surface area contributed by atoms with Gasteiger partial charge in [-0.2, -0.15) is 11.8 Å². The summed E-state index contributed by atoms with van der Waals surface area (Å²) in [5.74, 6) is 4.18. The lowest BCUT2D eigenvalue weighted by molar-refractivity contribution is 0.738. The van der Waals surface area contributed by atoms with Crippen LogP contribution >= 0.6 is 23.4 Å². The van der Waals surface area contributed by atoms with Crippen LogP contribution in [0.2, 0.25) is 0 Å². The van der Waals surface area contributed by atoms with Gasteiger partial charge >= 0.3 is 0 Å². The minimum atomic E-state index is 0.775. The van der Waals surface area contributed by atoms with Crippen LogP contribution in [0.3, 0.4) is 0 Å². The van der Waals surface area contributed by atoms with E-state index in [1.165, 1.54) is 0 Å². The van der Waals surface area contributed by atoms with Crippen LogP contribution in [-0.4, -0.2) is 26.9 Å². The van der Waals surface area contributed by atoms with Crippen LogP contribution < -0.4 is 0 Å². The van der Waals surface area contributed by atoms with E-state index in [4.69, 9.17) is 11.6 Å². The largest absolute Gasteiger partial charge is 0.334 e. The molecule has 0 unspecified atom stereocenters. The van der Waals surface area contributed by atoms with Gasteiger partial charge in [0.25, 0.3) is 0 Å². The second-order valence-corrected chi connectivity index (χ2v) is 4.43. The third-order valence-electron chi connectivity index (χ3n) is 1.82. The average Bonchev–Trinajstić information content (AvgIpc) is 2.52. The van der Waals surface area contributed by atoms with Crippen LogP contribution in [-0.2, 0) is 6.54 Å². The van der Waals surface area contributed by atoms with Crippen LogP contribution in [0.15, 0.2) is 12.4 Å². The Balaban J connectivity index is 2.10. The van der Waals surface area contributed by atoms with Crippen molar-refractivity contribution in [3.8, 4) is 0 Å². The molecule has 0 aromatic carbocycles. The summed E-state index contributed by atoms with van der Waals surface area (Å²) in [6.07, 6.45) is 4.98. The molecule has 0 amide bonds. The van der Waals surface area contributed by atoms with Crippen molar-refractivity contribution in [2.75, 3.05) is 17.4 Å². The summed E-state index contributed by atoms with van der Waals surface area (Å²) in [7, 11) is 0.